The third kappa shape index (κ3) is 2.47. The summed E-state index contributed by atoms with van der Waals surface area (Å²) in [6, 6.07) is 7.72. The second-order valence-corrected chi connectivity index (χ2v) is 6.52. The van der Waals surface area contributed by atoms with Gasteiger partial charge in [-0.3, -0.25) is 19.4 Å². The average Bonchev–Trinajstić information content (AvgIpc) is 3.26. The normalized spacial score (nSPS) is 17.3. The fourth-order valence-corrected chi connectivity index (χ4v) is 3.20. The van der Waals surface area contributed by atoms with Gasteiger partial charge in [0.1, 0.15) is 6.54 Å². The molecule has 0 saturated carbocycles. The summed E-state index contributed by atoms with van der Waals surface area (Å²) in [5.41, 5.74) is 1.36. The molecule has 130 valence electrons. The van der Waals surface area contributed by atoms with Gasteiger partial charge in [0.15, 0.2) is 0 Å². The first-order chi connectivity index (χ1) is 12.6. The molecule has 0 radical (unpaired) electrons. The molecule has 0 unspecified atom stereocenters. The third-order valence-corrected chi connectivity index (χ3v) is 4.57. The Hall–Kier alpha value is -3.40. The highest BCUT2D eigenvalue weighted by atomic mass is 16.2. The number of nitrogens with zero attached hydrogens (tertiary/aromatic N) is 6. The maximum absolute atomic E-state index is 13.1. The van der Waals surface area contributed by atoms with E-state index in [1.165, 1.54) is 4.90 Å². The van der Waals surface area contributed by atoms with E-state index in [2.05, 4.69) is 14.9 Å². The molecule has 1 fully saturated rings. The Morgan fingerprint density at radius 2 is 2.04 bits per heavy atom. The molecule has 0 bridgehead atoms. The van der Waals surface area contributed by atoms with E-state index in [1.807, 2.05) is 44.3 Å². The molecule has 2 amide bonds. The smallest absolute Gasteiger partial charge is 0.287 e. The minimum absolute atomic E-state index is 0.205. The minimum Gasteiger partial charge on any atom is -0.287 e. The van der Waals surface area contributed by atoms with Crippen LogP contribution in [0.1, 0.15) is 19.9 Å². The maximum atomic E-state index is 13.1. The van der Waals surface area contributed by atoms with Crippen LogP contribution in [0.2, 0.25) is 0 Å². The summed E-state index contributed by atoms with van der Waals surface area (Å²) in [5.74, 6) is 0. The van der Waals surface area contributed by atoms with E-state index in [0.29, 0.717) is 17.9 Å². The zero-order chi connectivity index (χ0) is 18.3. The Kier molecular flexibility index (Phi) is 3.81. The molecular weight excluding hydrogens is 328 g/mol. The summed E-state index contributed by atoms with van der Waals surface area (Å²) in [6.07, 6.45) is 6.33. The molecule has 1 atom stereocenters. The van der Waals surface area contributed by atoms with Crippen molar-refractivity contribution in [1.82, 2.24) is 14.8 Å². The zero-order valence-electron chi connectivity index (χ0n) is 14.6. The lowest BCUT2D eigenvalue weighted by Crippen LogP contribution is -2.34. The van der Waals surface area contributed by atoms with Crippen molar-refractivity contribution in [2.45, 2.75) is 26.1 Å². The number of carbonyl (C=O) groups is 1. The van der Waals surface area contributed by atoms with E-state index in [1.54, 1.807) is 28.2 Å². The van der Waals surface area contributed by atoms with Crippen molar-refractivity contribution >= 4 is 28.2 Å². The first-order valence-corrected chi connectivity index (χ1v) is 8.44. The zero-order valence-corrected chi connectivity index (χ0v) is 14.6. The van der Waals surface area contributed by atoms with Crippen molar-refractivity contribution in [2.75, 3.05) is 16.3 Å². The van der Waals surface area contributed by atoms with Crippen LogP contribution in [0.15, 0.2) is 49.1 Å². The van der Waals surface area contributed by atoms with Gasteiger partial charge in [-0.1, -0.05) is 24.3 Å². The van der Waals surface area contributed by atoms with E-state index in [4.69, 9.17) is 6.57 Å². The van der Waals surface area contributed by atoms with Crippen LogP contribution in [0.3, 0.4) is 0 Å². The number of hydrogen-bond donors (Lipinski definition) is 0. The third-order valence-electron chi connectivity index (χ3n) is 4.57. The molecule has 1 aliphatic heterocycles. The van der Waals surface area contributed by atoms with Crippen molar-refractivity contribution in [2.24, 2.45) is 0 Å². The number of aromatic nitrogens is 3. The van der Waals surface area contributed by atoms with Crippen LogP contribution in [0.5, 0.6) is 0 Å². The van der Waals surface area contributed by atoms with E-state index in [9.17, 15) is 4.79 Å². The molecule has 3 aromatic rings. The number of amides is 2. The summed E-state index contributed by atoms with van der Waals surface area (Å²) < 4.78 is 1.80. The van der Waals surface area contributed by atoms with Gasteiger partial charge in [0.2, 0.25) is 0 Å². The number of rotatable bonds is 3. The standard InChI is InChI=1S/C19H18N6O/c1-13(2)24-11-15(9-22-24)23-12-18(20-3)25(19(23)26)17-10-21-8-14-6-4-5-7-16(14)17/h4-11,13,18H,12H2,1-2H3/t18-/m0/s1. The Balaban J connectivity index is 1.76. The molecule has 1 aliphatic rings. The maximum Gasteiger partial charge on any atom is 0.335 e. The second kappa shape index (κ2) is 6.15. The summed E-state index contributed by atoms with van der Waals surface area (Å²) >= 11 is 0. The molecule has 3 heterocycles. The molecule has 2 aromatic heterocycles. The second-order valence-electron chi connectivity index (χ2n) is 6.52. The van der Waals surface area contributed by atoms with Gasteiger partial charge in [0.25, 0.3) is 0 Å². The molecule has 0 N–H and O–H groups in total. The van der Waals surface area contributed by atoms with E-state index >= 15 is 0 Å². The fourth-order valence-electron chi connectivity index (χ4n) is 3.20. The van der Waals surface area contributed by atoms with Crippen molar-refractivity contribution in [3.8, 4) is 0 Å². The summed E-state index contributed by atoms with van der Waals surface area (Å²) in [7, 11) is 0. The lowest BCUT2D eigenvalue weighted by molar-refractivity contribution is 0.255. The first-order valence-electron chi connectivity index (χ1n) is 8.44. The average molecular weight is 346 g/mol. The van der Waals surface area contributed by atoms with E-state index < -0.39 is 6.17 Å². The number of hydrogen-bond acceptors (Lipinski definition) is 3. The molecule has 1 aromatic carbocycles. The molecular formula is C19H18N6O. The van der Waals surface area contributed by atoms with E-state index in [0.717, 1.165) is 10.8 Å². The number of urea groups is 1. The van der Waals surface area contributed by atoms with Gasteiger partial charge in [-0.25, -0.2) is 16.3 Å². The monoisotopic (exact) mass is 346 g/mol. The number of anilines is 2. The van der Waals surface area contributed by atoms with Crippen molar-refractivity contribution < 1.29 is 4.79 Å². The summed E-state index contributed by atoms with van der Waals surface area (Å²) in [5, 5.41) is 6.15. The van der Waals surface area contributed by atoms with Crippen LogP contribution in [0, 0.1) is 6.57 Å². The topological polar surface area (TPSA) is 58.6 Å². The van der Waals surface area contributed by atoms with E-state index in [-0.39, 0.29) is 12.1 Å². The van der Waals surface area contributed by atoms with Crippen LogP contribution in [-0.4, -0.2) is 33.5 Å². The van der Waals surface area contributed by atoms with Crippen LogP contribution in [-0.2, 0) is 0 Å². The van der Waals surface area contributed by atoms with Crippen LogP contribution in [0.4, 0.5) is 16.2 Å². The van der Waals surface area contributed by atoms with Crippen LogP contribution >= 0.6 is 0 Å². The molecule has 26 heavy (non-hydrogen) atoms. The molecule has 7 heteroatoms. The SMILES string of the molecule is [C-]#[N+][C@@H]1CN(c2cnn(C(C)C)c2)C(=O)N1c1cncc2ccccc12. The molecule has 0 aliphatic carbocycles. The highest BCUT2D eigenvalue weighted by Gasteiger charge is 2.44. The largest absolute Gasteiger partial charge is 0.335 e. The Labute approximate surface area is 151 Å². The Bertz CT molecular complexity index is 1010. The lowest BCUT2D eigenvalue weighted by atomic mass is 10.1. The Morgan fingerprint density at radius 3 is 2.77 bits per heavy atom. The van der Waals surface area contributed by atoms with Gasteiger partial charge < -0.3 is 0 Å². The van der Waals surface area contributed by atoms with Gasteiger partial charge in [-0.2, -0.15) is 5.10 Å². The molecule has 4 rings (SSSR count). The number of benzene rings is 1. The summed E-state index contributed by atoms with van der Waals surface area (Å²) in [6.45, 7) is 11.9. The van der Waals surface area contributed by atoms with Gasteiger partial charge in [0.05, 0.1) is 23.8 Å². The molecule has 0 spiro atoms. The van der Waals surface area contributed by atoms with Gasteiger partial charge in [-0.05, 0) is 13.8 Å². The van der Waals surface area contributed by atoms with Crippen molar-refractivity contribution in [3.05, 3.63) is 60.5 Å². The van der Waals surface area contributed by atoms with Gasteiger partial charge in [-0.15, -0.1) is 0 Å². The molecule has 7 nitrogen and oxygen atoms in total. The number of fused-ring (bicyclic) bond motifs is 1. The van der Waals surface area contributed by atoms with Crippen LogP contribution < -0.4 is 9.80 Å². The quantitative estimate of drug-likeness (QED) is 0.680. The van der Waals surface area contributed by atoms with Crippen molar-refractivity contribution in [3.63, 3.8) is 0 Å². The fraction of sp³-hybridized carbons (Fsp3) is 0.263. The van der Waals surface area contributed by atoms with Gasteiger partial charge >= 0.3 is 12.2 Å². The number of pyridine rings is 1. The predicted molar refractivity (Wildman–Crippen MR) is 100.0 cm³/mol. The highest BCUT2D eigenvalue weighted by molar-refractivity contribution is 6.11. The summed E-state index contributed by atoms with van der Waals surface area (Å²) in [4.78, 5) is 24.2. The predicted octanol–water partition coefficient (Wildman–Crippen LogP) is 3.70. The first kappa shape index (κ1) is 16.1. The number of carbonyl (C=O) groups excluding carboxylic acids is 1. The van der Waals surface area contributed by atoms with Gasteiger partial charge in [0, 0.05) is 29.2 Å². The lowest BCUT2D eigenvalue weighted by Gasteiger charge is -2.18. The van der Waals surface area contributed by atoms with Crippen LogP contribution in [0.25, 0.3) is 15.6 Å². The molecule has 1 saturated heterocycles. The Morgan fingerprint density at radius 1 is 1.23 bits per heavy atom. The minimum atomic E-state index is -0.600. The van der Waals surface area contributed by atoms with Crippen molar-refractivity contribution in [1.29, 1.82) is 0 Å². The highest BCUT2D eigenvalue weighted by Crippen LogP contribution is 2.33.